The van der Waals surface area contributed by atoms with Gasteiger partial charge in [-0.1, -0.05) is 6.92 Å². The summed E-state index contributed by atoms with van der Waals surface area (Å²) in [7, 11) is 1.49. The molecule has 1 aliphatic heterocycles. The zero-order valence-electron chi connectivity index (χ0n) is 19.5. The molecule has 3 aromatic rings. The molecule has 2 fully saturated rings. The second-order valence-electron chi connectivity index (χ2n) is 9.22. The van der Waals surface area contributed by atoms with Crippen molar-refractivity contribution >= 4 is 22.9 Å². The van der Waals surface area contributed by atoms with Gasteiger partial charge >= 0.3 is 6.18 Å². The molecular formula is C23H23F5N6O2. The lowest BCUT2D eigenvalue weighted by molar-refractivity contribution is -0.142. The van der Waals surface area contributed by atoms with Crippen molar-refractivity contribution in [2.75, 3.05) is 24.5 Å². The highest BCUT2D eigenvalue weighted by atomic mass is 19.4. The molecule has 1 spiro atoms. The molecule has 13 heteroatoms. The number of nitrogens with zero attached hydrogens (tertiary/aromatic N) is 6. The van der Waals surface area contributed by atoms with E-state index in [-0.39, 0.29) is 34.2 Å². The molecule has 1 amide bonds. The Morgan fingerprint density at radius 1 is 1.19 bits per heavy atom. The molecule has 2 aromatic heterocycles. The molecule has 3 heterocycles. The summed E-state index contributed by atoms with van der Waals surface area (Å²) >= 11 is 0. The van der Waals surface area contributed by atoms with Gasteiger partial charge in [0.15, 0.2) is 23.0 Å². The zero-order chi connectivity index (χ0) is 26.0. The molecule has 0 unspecified atom stereocenters. The first kappa shape index (κ1) is 24.2. The van der Waals surface area contributed by atoms with E-state index < -0.39 is 34.7 Å². The fourth-order valence-electron chi connectivity index (χ4n) is 5.12. The van der Waals surface area contributed by atoms with Crippen LogP contribution >= 0.6 is 0 Å². The molecule has 0 radical (unpaired) electrons. The molecule has 1 N–H and O–H groups in total. The molecule has 1 saturated heterocycles. The Morgan fingerprint density at radius 3 is 2.53 bits per heavy atom. The summed E-state index contributed by atoms with van der Waals surface area (Å²) in [5.41, 5.74) is -2.83. The van der Waals surface area contributed by atoms with Gasteiger partial charge in [-0.05, 0) is 25.3 Å². The average molecular weight is 510 g/mol. The lowest BCUT2D eigenvalue weighted by atomic mass is 9.73. The van der Waals surface area contributed by atoms with Crippen LogP contribution in [0.25, 0.3) is 22.3 Å². The minimum atomic E-state index is -5.16. The first-order chi connectivity index (χ1) is 17.0. The Balaban J connectivity index is 1.54. The van der Waals surface area contributed by atoms with E-state index in [1.807, 2.05) is 16.7 Å². The number of phenolic OH excluding ortho intramolecular Hbond substituents is 1. The Morgan fingerprint density at radius 2 is 1.92 bits per heavy atom. The third-order valence-corrected chi connectivity index (χ3v) is 7.13. The van der Waals surface area contributed by atoms with Crippen molar-refractivity contribution < 1.29 is 31.9 Å². The Bertz CT molecular complexity index is 1370. The van der Waals surface area contributed by atoms with Crippen LogP contribution in [0.15, 0.2) is 12.3 Å². The zero-order valence-corrected chi connectivity index (χ0v) is 19.5. The van der Waals surface area contributed by atoms with Crippen molar-refractivity contribution in [3.63, 3.8) is 0 Å². The molecule has 1 aromatic carbocycles. The average Bonchev–Trinajstić information content (AvgIpc) is 3.15. The summed E-state index contributed by atoms with van der Waals surface area (Å²) in [5, 5.41) is 13.9. The molecule has 1 aliphatic carbocycles. The third kappa shape index (κ3) is 3.63. The quantitative estimate of drug-likeness (QED) is 0.536. The summed E-state index contributed by atoms with van der Waals surface area (Å²) in [5.74, 6) is -4.93. The molecule has 0 bridgehead atoms. The number of halogens is 5. The van der Waals surface area contributed by atoms with Crippen molar-refractivity contribution in [1.29, 1.82) is 0 Å². The first-order valence-electron chi connectivity index (χ1n) is 11.5. The van der Waals surface area contributed by atoms with Crippen molar-refractivity contribution in [1.82, 2.24) is 24.6 Å². The van der Waals surface area contributed by atoms with E-state index in [1.165, 1.54) is 17.9 Å². The number of fused-ring (bicyclic) bond motifs is 1. The Labute approximate surface area is 202 Å². The van der Waals surface area contributed by atoms with Gasteiger partial charge in [-0.2, -0.15) is 23.3 Å². The fraction of sp³-hybridized carbons (Fsp3) is 0.478. The molecule has 2 aliphatic rings. The van der Waals surface area contributed by atoms with Gasteiger partial charge in [0, 0.05) is 44.9 Å². The van der Waals surface area contributed by atoms with Crippen LogP contribution < -0.4 is 4.90 Å². The molecule has 1 saturated carbocycles. The lowest BCUT2D eigenvalue weighted by Gasteiger charge is -2.55. The number of carbonyl (C=O) groups excluding carboxylic acids is 1. The maximum atomic E-state index is 14.7. The fourth-order valence-corrected chi connectivity index (χ4v) is 5.12. The van der Waals surface area contributed by atoms with Gasteiger partial charge in [-0.25, -0.2) is 18.4 Å². The minimum Gasteiger partial charge on any atom is -0.503 e. The number of aromatic hydroxyl groups is 1. The predicted octanol–water partition coefficient (Wildman–Crippen LogP) is 4.01. The number of amides is 1. The van der Waals surface area contributed by atoms with E-state index in [1.54, 1.807) is 0 Å². The summed E-state index contributed by atoms with van der Waals surface area (Å²) in [6, 6.07) is 0.282. The van der Waals surface area contributed by atoms with Crippen LogP contribution in [0.3, 0.4) is 0 Å². The predicted molar refractivity (Wildman–Crippen MR) is 119 cm³/mol. The number of anilines is 1. The van der Waals surface area contributed by atoms with Gasteiger partial charge in [-0.3, -0.25) is 4.79 Å². The van der Waals surface area contributed by atoms with E-state index >= 15 is 0 Å². The molecule has 5 rings (SSSR count). The highest BCUT2D eigenvalue weighted by Crippen LogP contribution is 2.43. The summed E-state index contributed by atoms with van der Waals surface area (Å²) in [4.78, 5) is 25.2. The minimum absolute atomic E-state index is 0.102. The molecule has 192 valence electrons. The number of piperazine rings is 1. The second kappa shape index (κ2) is 8.27. The van der Waals surface area contributed by atoms with Gasteiger partial charge < -0.3 is 14.9 Å². The monoisotopic (exact) mass is 510 g/mol. The van der Waals surface area contributed by atoms with Crippen LogP contribution in [0.4, 0.5) is 27.9 Å². The van der Waals surface area contributed by atoms with E-state index in [0.29, 0.717) is 32.0 Å². The van der Waals surface area contributed by atoms with Gasteiger partial charge in [0.25, 0.3) is 0 Å². The number of hydrogen-bond acceptors (Lipinski definition) is 6. The van der Waals surface area contributed by atoms with Gasteiger partial charge in [0.05, 0.1) is 16.5 Å². The normalized spacial score (nSPS) is 17.6. The van der Waals surface area contributed by atoms with Crippen molar-refractivity contribution in [3.8, 4) is 17.0 Å². The number of aromatic nitrogens is 4. The Hall–Kier alpha value is -3.51. The summed E-state index contributed by atoms with van der Waals surface area (Å²) in [6.07, 6.45) is -0.637. The largest absolute Gasteiger partial charge is 0.503 e. The van der Waals surface area contributed by atoms with Crippen molar-refractivity contribution in [3.05, 3.63) is 29.5 Å². The van der Waals surface area contributed by atoms with Crippen molar-refractivity contribution in [2.24, 2.45) is 7.05 Å². The number of benzene rings is 1. The van der Waals surface area contributed by atoms with Gasteiger partial charge in [0.2, 0.25) is 11.9 Å². The van der Waals surface area contributed by atoms with Crippen LogP contribution in [0.1, 0.15) is 38.2 Å². The van der Waals surface area contributed by atoms with Crippen LogP contribution in [0.2, 0.25) is 0 Å². The highest BCUT2D eigenvalue weighted by Gasteiger charge is 2.48. The number of aryl methyl sites for hydroxylation is 1. The van der Waals surface area contributed by atoms with Crippen LogP contribution in [0.5, 0.6) is 5.75 Å². The van der Waals surface area contributed by atoms with Crippen molar-refractivity contribution in [2.45, 2.75) is 44.3 Å². The maximum absolute atomic E-state index is 14.7. The molecular weight excluding hydrogens is 487 g/mol. The van der Waals surface area contributed by atoms with Crippen LogP contribution in [-0.2, 0) is 18.0 Å². The first-order valence-corrected chi connectivity index (χ1v) is 11.5. The molecule has 36 heavy (non-hydrogen) atoms. The van der Waals surface area contributed by atoms with Crippen LogP contribution in [0, 0.1) is 11.6 Å². The highest BCUT2D eigenvalue weighted by molar-refractivity contribution is 5.91. The molecule has 8 nitrogen and oxygen atoms in total. The smallest absolute Gasteiger partial charge is 0.419 e. The third-order valence-electron chi connectivity index (χ3n) is 7.13. The maximum Gasteiger partial charge on any atom is 0.419 e. The summed E-state index contributed by atoms with van der Waals surface area (Å²) in [6.45, 7) is 3.40. The number of hydrogen-bond donors (Lipinski definition) is 1. The van der Waals surface area contributed by atoms with Crippen LogP contribution in [-0.4, -0.2) is 60.8 Å². The van der Waals surface area contributed by atoms with E-state index in [2.05, 4.69) is 15.1 Å². The number of phenols is 1. The standard InChI is InChI=1S/C23H23F5N6O2/c1-3-15(35)34-8-7-33(11-22(34)5-4-6-22)21-29-10-13-18(31-32(2)20(13)30-21)12-9-14(23(26,27)28)17(25)19(36)16(12)24/h9-10,36H,3-8,11H2,1-2H3. The van der Waals surface area contributed by atoms with E-state index in [4.69, 9.17) is 0 Å². The van der Waals surface area contributed by atoms with Gasteiger partial charge in [0.1, 0.15) is 5.69 Å². The van der Waals surface area contributed by atoms with Gasteiger partial charge in [-0.15, -0.1) is 0 Å². The summed E-state index contributed by atoms with van der Waals surface area (Å²) < 4.78 is 69.7. The van der Waals surface area contributed by atoms with E-state index in [9.17, 15) is 31.9 Å². The molecule has 0 atom stereocenters. The topological polar surface area (TPSA) is 87.4 Å². The van der Waals surface area contributed by atoms with E-state index in [0.717, 1.165) is 19.3 Å². The Kier molecular flexibility index (Phi) is 5.56. The number of rotatable bonds is 3. The lowest BCUT2D eigenvalue weighted by Crippen LogP contribution is -2.67. The second-order valence-corrected chi connectivity index (χ2v) is 9.22. The number of alkyl halides is 3. The number of carbonyl (C=O) groups is 1. The SMILES string of the molecule is CCC(=O)N1CCN(c2ncc3c(-c4cc(C(F)(F)F)c(F)c(O)c4F)nn(C)c3n2)CC12CCC2.